The third-order valence-electron chi connectivity index (χ3n) is 2.38. The van der Waals surface area contributed by atoms with Crippen LogP contribution in [0.3, 0.4) is 0 Å². The summed E-state index contributed by atoms with van der Waals surface area (Å²) in [6.07, 6.45) is 0. The number of hydrogen-bond donors (Lipinski definition) is 1. The van der Waals surface area contributed by atoms with Crippen LogP contribution in [0.2, 0.25) is 0 Å². The number of nitriles is 1. The first-order valence-electron chi connectivity index (χ1n) is 4.86. The Morgan fingerprint density at radius 1 is 1.38 bits per heavy atom. The number of rotatable bonds is 1. The quantitative estimate of drug-likeness (QED) is 0.789. The van der Waals surface area contributed by atoms with Crippen LogP contribution >= 0.6 is 0 Å². The minimum atomic E-state index is 0.0680. The van der Waals surface area contributed by atoms with E-state index >= 15 is 0 Å². The molecule has 0 aliphatic heterocycles. The van der Waals surface area contributed by atoms with Crippen LogP contribution in [0.5, 0.6) is 0 Å². The van der Waals surface area contributed by atoms with Crippen LogP contribution in [0, 0.1) is 25.2 Å². The highest BCUT2D eigenvalue weighted by Crippen LogP contribution is 2.26. The number of nitrogens with zero attached hydrogens (tertiary/aromatic N) is 2. The standard InChI is InChI=1S/C12H11N3O/c1-7-3-4-8(2)9(5-7)12-15-10(6-13)11(14)16-12/h3-5H,14H2,1-2H3. The number of oxazole rings is 1. The minimum absolute atomic E-state index is 0.0680. The smallest absolute Gasteiger partial charge is 0.230 e. The van der Waals surface area contributed by atoms with Gasteiger partial charge in [0.05, 0.1) is 0 Å². The van der Waals surface area contributed by atoms with Crippen LogP contribution in [0.15, 0.2) is 22.6 Å². The van der Waals surface area contributed by atoms with Crippen molar-refractivity contribution in [2.24, 2.45) is 0 Å². The van der Waals surface area contributed by atoms with Crippen molar-refractivity contribution in [3.63, 3.8) is 0 Å². The summed E-state index contributed by atoms with van der Waals surface area (Å²) in [5.74, 6) is 0.466. The Balaban J connectivity index is 2.59. The maximum Gasteiger partial charge on any atom is 0.230 e. The number of aryl methyl sites for hydroxylation is 2. The maximum absolute atomic E-state index is 8.75. The van der Waals surface area contributed by atoms with E-state index in [-0.39, 0.29) is 11.6 Å². The van der Waals surface area contributed by atoms with Crippen molar-refractivity contribution in [1.29, 1.82) is 5.26 Å². The van der Waals surface area contributed by atoms with Gasteiger partial charge < -0.3 is 10.2 Å². The largest absolute Gasteiger partial charge is 0.419 e. The summed E-state index contributed by atoms with van der Waals surface area (Å²) in [5.41, 5.74) is 8.68. The number of nitrogen functional groups attached to an aromatic ring is 1. The molecule has 0 aliphatic rings. The topological polar surface area (TPSA) is 75.8 Å². The number of anilines is 1. The molecule has 16 heavy (non-hydrogen) atoms. The molecule has 1 aromatic carbocycles. The van der Waals surface area contributed by atoms with Gasteiger partial charge in [-0.15, -0.1) is 0 Å². The van der Waals surface area contributed by atoms with E-state index in [1.165, 1.54) is 0 Å². The molecule has 0 saturated carbocycles. The Labute approximate surface area is 93.3 Å². The third kappa shape index (κ3) is 1.63. The van der Waals surface area contributed by atoms with Crippen LogP contribution in [-0.2, 0) is 0 Å². The average molecular weight is 213 g/mol. The third-order valence-corrected chi connectivity index (χ3v) is 2.38. The van der Waals surface area contributed by atoms with Crippen molar-refractivity contribution in [1.82, 2.24) is 4.98 Å². The van der Waals surface area contributed by atoms with Crippen molar-refractivity contribution >= 4 is 5.88 Å². The van der Waals surface area contributed by atoms with E-state index in [0.717, 1.165) is 16.7 Å². The fourth-order valence-electron chi connectivity index (χ4n) is 1.49. The second-order valence-corrected chi connectivity index (χ2v) is 3.66. The van der Waals surface area contributed by atoms with Gasteiger partial charge in [-0.2, -0.15) is 10.2 Å². The molecule has 2 N–H and O–H groups in total. The number of benzene rings is 1. The van der Waals surface area contributed by atoms with E-state index in [1.807, 2.05) is 38.1 Å². The first kappa shape index (κ1) is 10.2. The molecule has 0 bridgehead atoms. The van der Waals surface area contributed by atoms with Gasteiger partial charge in [-0.3, -0.25) is 0 Å². The van der Waals surface area contributed by atoms with Gasteiger partial charge in [-0.05, 0) is 25.5 Å². The molecule has 4 heteroatoms. The van der Waals surface area contributed by atoms with Gasteiger partial charge in [0.25, 0.3) is 0 Å². The predicted molar refractivity (Wildman–Crippen MR) is 60.5 cm³/mol. The second kappa shape index (κ2) is 3.70. The molecule has 0 saturated heterocycles. The van der Waals surface area contributed by atoms with Crippen LogP contribution in [-0.4, -0.2) is 4.98 Å². The zero-order valence-electron chi connectivity index (χ0n) is 9.11. The molecule has 1 heterocycles. The molecule has 80 valence electrons. The predicted octanol–water partition coefficient (Wildman–Crippen LogP) is 2.41. The highest BCUT2D eigenvalue weighted by atomic mass is 16.4. The molecule has 0 atom stereocenters. The summed E-state index contributed by atoms with van der Waals surface area (Å²) in [5, 5.41) is 8.75. The fraction of sp³-hybridized carbons (Fsp3) is 0.167. The van der Waals surface area contributed by atoms with Crippen LogP contribution in [0.25, 0.3) is 11.5 Å². The second-order valence-electron chi connectivity index (χ2n) is 3.66. The summed E-state index contributed by atoms with van der Waals surface area (Å²) in [6.45, 7) is 3.95. The first-order valence-corrected chi connectivity index (χ1v) is 4.86. The Bertz CT molecular complexity index is 578. The first-order chi connectivity index (χ1) is 7.61. The van der Waals surface area contributed by atoms with E-state index in [1.54, 1.807) is 0 Å². The lowest BCUT2D eigenvalue weighted by atomic mass is 10.1. The van der Waals surface area contributed by atoms with Gasteiger partial charge >= 0.3 is 0 Å². The van der Waals surface area contributed by atoms with Gasteiger partial charge in [0, 0.05) is 5.56 Å². The Hall–Kier alpha value is -2.28. The molecule has 0 amide bonds. The molecular formula is C12H11N3O. The number of nitrogens with two attached hydrogens (primary N) is 1. The maximum atomic E-state index is 8.75. The summed E-state index contributed by atoms with van der Waals surface area (Å²) in [6, 6.07) is 7.84. The summed E-state index contributed by atoms with van der Waals surface area (Å²) in [7, 11) is 0. The van der Waals surface area contributed by atoms with E-state index in [2.05, 4.69) is 4.98 Å². The fourth-order valence-corrected chi connectivity index (χ4v) is 1.49. The van der Waals surface area contributed by atoms with Crippen molar-refractivity contribution in [2.45, 2.75) is 13.8 Å². The van der Waals surface area contributed by atoms with E-state index in [4.69, 9.17) is 15.4 Å². The number of aromatic nitrogens is 1. The van der Waals surface area contributed by atoms with Gasteiger partial charge in [0.15, 0.2) is 0 Å². The highest BCUT2D eigenvalue weighted by Gasteiger charge is 2.13. The highest BCUT2D eigenvalue weighted by molar-refractivity contribution is 5.62. The molecule has 2 aromatic rings. The van der Waals surface area contributed by atoms with Crippen LogP contribution in [0.4, 0.5) is 5.88 Å². The van der Waals surface area contributed by atoms with Crippen molar-refractivity contribution in [3.05, 3.63) is 35.0 Å². The SMILES string of the molecule is Cc1ccc(C)c(-c2nc(C#N)c(N)o2)c1. The zero-order chi connectivity index (χ0) is 11.7. The zero-order valence-corrected chi connectivity index (χ0v) is 9.11. The normalized spacial score (nSPS) is 10.1. The van der Waals surface area contributed by atoms with Gasteiger partial charge in [-0.1, -0.05) is 17.7 Å². The molecule has 0 unspecified atom stereocenters. The van der Waals surface area contributed by atoms with Gasteiger partial charge in [0.2, 0.25) is 17.5 Å². The Morgan fingerprint density at radius 2 is 2.12 bits per heavy atom. The van der Waals surface area contributed by atoms with Gasteiger partial charge in [0.1, 0.15) is 6.07 Å². The monoisotopic (exact) mass is 213 g/mol. The molecule has 0 aliphatic carbocycles. The lowest BCUT2D eigenvalue weighted by Gasteiger charge is -2.01. The minimum Gasteiger partial charge on any atom is -0.419 e. The Morgan fingerprint density at radius 3 is 2.75 bits per heavy atom. The molecule has 1 aromatic heterocycles. The average Bonchev–Trinajstić information content (AvgIpc) is 2.63. The summed E-state index contributed by atoms with van der Waals surface area (Å²) < 4.78 is 5.27. The van der Waals surface area contributed by atoms with Crippen molar-refractivity contribution in [3.8, 4) is 17.5 Å². The lowest BCUT2D eigenvalue weighted by molar-refractivity contribution is 0.593. The van der Waals surface area contributed by atoms with Crippen LogP contribution < -0.4 is 5.73 Å². The molecule has 0 fully saturated rings. The van der Waals surface area contributed by atoms with Crippen molar-refractivity contribution in [2.75, 3.05) is 5.73 Å². The summed E-state index contributed by atoms with van der Waals surface area (Å²) in [4.78, 5) is 4.05. The lowest BCUT2D eigenvalue weighted by Crippen LogP contribution is -1.85. The molecule has 2 rings (SSSR count). The Kier molecular flexibility index (Phi) is 2.37. The molecular weight excluding hydrogens is 202 g/mol. The molecule has 4 nitrogen and oxygen atoms in total. The van der Waals surface area contributed by atoms with E-state index in [9.17, 15) is 0 Å². The van der Waals surface area contributed by atoms with E-state index in [0.29, 0.717) is 5.89 Å². The van der Waals surface area contributed by atoms with Crippen LogP contribution in [0.1, 0.15) is 16.8 Å². The number of hydrogen-bond acceptors (Lipinski definition) is 4. The summed E-state index contributed by atoms with van der Waals surface area (Å²) >= 11 is 0. The van der Waals surface area contributed by atoms with E-state index < -0.39 is 0 Å². The molecule has 0 spiro atoms. The van der Waals surface area contributed by atoms with Gasteiger partial charge in [-0.25, -0.2) is 0 Å². The van der Waals surface area contributed by atoms with Crippen molar-refractivity contribution < 1.29 is 4.42 Å². The molecule has 0 radical (unpaired) electrons.